The molecule has 4 heterocycles. The van der Waals surface area contributed by atoms with Crippen LogP contribution in [0.5, 0.6) is 11.8 Å². The van der Waals surface area contributed by atoms with Crippen molar-refractivity contribution in [3.8, 4) is 39.8 Å². The summed E-state index contributed by atoms with van der Waals surface area (Å²) in [4.78, 5) is 20.1. The van der Waals surface area contributed by atoms with Crippen LogP contribution in [0.15, 0.2) is 71.1 Å². The van der Waals surface area contributed by atoms with Crippen LogP contribution in [-0.2, 0) is 0 Å². The summed E-state index contributed by atoms with van der Waals surface area (Å²) in [6.45, 7) is 1.21. The van der Waals surface area contributed by atoms with Gasteiger partial charge in [-0.05, 0) is 42.7 Å². The van der Waals surface area contributed by atoms with Crippen molar-refractivity contribution in [1.29, 1.82) is 0 Å². The first kappa shape index (κ1) is 23.5. The van der Waals surface area contributed by atoms with E-state index < -0.39 is 0 Å². The number of rotatable bonds is 4. The third-order valence-corrected chi connectivity index (χ3v) is 7.17. The molecule has 2 N–H and O–H groups in total. The van der Waals surface area contributed by atoms with E-state index in [2.05, 4.69) is 0 Å². The lowest BCUT2D eigenvalue weighted by molar-refractivity contribution is 0.0763. The molecule has 0 radical (unpaired) electrons. The number of likely N-dealkylation sites (tertiary alicyclic amines) is 1. The number of nitrogens with zero attached hydrogens (tertiary/aromatic N) is 3. The van der Waals surface area contributed by atoms with Gasteiger partial charge in [-0.1, -0.05) is 53.5 Å². The summed E-state index contributed by atoms with van der Waals surface area (Å²) in [6, 6.07) is 19.2. The van der Waals surface area contributed by atoms with Gasteiger partial charge < -0.3 is 19.5 Å². The predicted octanol–water partition coefficient (Wildman–Crippen LogP) is 6.91. The lowest BCUT2D eigenvalue weighted by Gasteiger charge is -2.15. The van der Waals surface area contributed by atoms with Gasteiger partial charge in [0.2, 0.25) is 11.5 Å². The molecule has 2 aromatic carbocycles. The second-order valence-corrected chi connectivity index (χ2v) is 9.73. The van der Waals surface area contributed by atoms with Crippen LogP contribution >= 0.6 is 23.2 Å². The Kier molecular flexibility index (Phi) is 5.82. The normalized spacial score (nSPS) is 13.5. The highest BCUT2D eigenvalue weighted by Crippen LogP contribution is 2.42. The molecular weight excluding hydrogens is 513 g/mol. The smallest absolute Gasteiger partial charge is 0.291 e. The van der Waals surface area contributed by atoms with E-state index in [-0.39, 0.29) is 34.8 Å². The summed E-state index contributed by atoms with van der Waals surface area (Å²) in [6.07, 6.45) is 1.80. The molecule has 1 fully saturated rings. The Hall–Kier alpha value is -3.94. The molecular formula is C28H21Cl2N3O4. The van der Waals surface area contributed by atoms with E-state index >= 15 is 0 Å². The van der Waals surface area contributed by atoms with Crippen LogP contribution in [0, 0.1) is 0 Å². The molecule has 0 saturated carbocycles. The topological polar surface area (TPSA) is 91.7 Å². The van der Waals surface area contributed by atoms with Gasteiger partial charge in [0.05, 0.1) is 11.1 Å². The van der Waals surface area contributed by atoms with Crippen molar-refractivity contribution in [2.24, 2.45) is 0 Å². The van der Waals surface area contributed by atoms with Gasteiger partial charge in [-0.25, -0.2) is 9.55 Å². The number of pyridine rings is 1. The Bertz CT molecular complexity index is 1630. The van der Waals surface area contributed by atoms with Gasteiger partial charge >= 0.3 is 0 Å². The summed E-state index contributed by atoms with van der Waals surface area (Å²) < 4.78 is 7.30. The van der Waals surface area contributed by atoms with Gasteiger partial charge in [0.15, 0.2) is 11.8 Å². The van der Waals surface area contributed by atoms with E-state index in [4.69, 9.17) is 32.6 Å². The molecule has 1 aliphatic heterocycles. The molecule has 7 nitrogen and oxygen atoms in total. The average molecular weight is 534 g/mol. The minimum absolute atomic E-state index is 0.00966. The quantitative estimate of drug-likeness (QED) is 0.262. The molecule has 37 heavy (non-hydrogen) atoms. The zero-order chi connectivity index (χ0) is 25.7. The van der Waals surface area contributed by atoms with E-state index in [1.807, 2.05) is 36.4 Å². The standard InChI is InChI=1S/C28H21Cl2N3O4/c29-17-9-7-16(8-10-17)19-15-20-25(33-22(34)11-12-23(33)35)26(28(36)32-13-3-4-14-32)37-27(20)31-24(19)18-5-1-2-6-21(18)30/h1-2,5-12,15,34-35H,3-4,13-14H2. The maximum atomic E-state index is 13.5. The highest BCUT2D eigenvalue weighted by molar-refractivity contribution is 6.33. The lowest BCUT2D eigenvalue weighted by atomic mass is 9.98. The SMILES string of the molecule is O=C(c1oc2nc(-c3ccccc3Cl)c(-c3ccc(Cl)cc3)cc2c1-n1c(O)ccc1O)N1CCCC1. The predicted molar refractivity (Wildman–Crippen MR) is 143 cm³/mol. The molecule has 0 spiro atoms. The Balaban J connectivity index is 1.69. The number of furan rings is 1. The first-order chi connectivity index (χ1) is 17.9. The average Bonchev–Trinajstić information content (AvgIpc) is 3.63. The summed E-state index contributed by atoms with van der Waals surface area (Å²) in [5, 5.41) is 22.7. The molecule has 1 aliphatic rings. The minimum Gasteiger partial charge on any atom is -0.494 e. The fourth-order valence-electron chi connectivity index (χ4n) is 4.79. The molecule has 186 valence electrons. The number of halogens is 2. The van der Waals surface area contributed by atoms with Crippen molar-refractivity contribution >= 4 is 40.2 Å². The Morgan fingerprint density at radius 2 is 1.57 bits per heavy atom. The minimum atomic E-state index is -0.328. The third kappa shape index (κ3) is 4.00. The number of carbonyl (C=O) groups excluding carboxylic acids is 1. The van der Waals surface area contributed by atoms with Gasteiger partial charge in [0, 0.05) is 46.4 Å². The van der Waals surface area contributed by atoms with E-state index in [0.717, 1.165) is 18.4 Å². The first-order valence-electron chi connectivity index (χ1n) is 11.8. The van der Waals surface area contributed by atoms with E-state index in [1.54, 1.807) is 23.1 Å². The molecule has 0 aliphatic carbocycles. The summed E-state index contributed by atoms with van der Waals surface area (Å²) in [5.74, 6) is -0.812. The number of benzene rings is 2. The number of fused-ring (bicyclic) bond motifs is 1. The van der Waals surface area contributed by atoms with Crippen LogP contribution in [0.3, 0.4) is 0 Å². The summed E-state index contributed by atoms with van der Waals surface area (Å²) in [7, 11) is 0. The Morgan fingerprint density at radius 3 is 2.24 bits per heavy atom. The van der Waals surface area contributed by atoms with Crippen LogP contribution in [0.1, 0.15) is 23.4 Å². The molecule has 5 aromatic rings. The van der Waals surface area contributed by atoms with Crippen molar-refractivity contribution in [3.63, 3.8) is 0 Å². The number of hydrogen-bond donors (Lipinski definition) is 2. The number of amides is 1. The van der Waals surface area contributed by atoms with Crippen molar-refractivity contribution < 1.29 is 19.4 Å². The molecule has 0 unspecified atom stereocenters. The lowest BCUT2D eigenvalue weighted by Crippen LogP contribution is -2.28. The molecule has 1 saturated heterocycles. The van der Waals surface area contributed by atoms with Crippen molar-refractivity contribution in [3.05, 3.63) is 82.5 Å². The molecule has 0 bridgehead atoms. The van der Waals surface area contributed by atoms with E-state index in [0.29, 0.717) is 45.3 Å². The molecule has 9 heteroatoms. The molecule has 1 amide bonds. The van der Waals surface area contributed by atoms with Gasteiger partial charge in [0.25, 0.3) is 5.91 Å². The molecule has 6 rings (SSSR count). The maximum Gasteiger partial charge on any atom is 0.291 e. The maximum absolute atomic E-state index is 13.5. The van der Waals surface area contributed by atoms with Gasteiger partial charge in [-0.15, -0.1) is 0 Å². The molecule has 3 aromatic heterocycles. The first-order valence-corrected chi connectivity index (χ1v) is 12.6. The van der Waals surface area contributed by atoms with Crippen molar-refractivity contribution in [2.75, 3.05) is 13.1 Å². The highest BCUT2D eigenvalue weighted by Gasteiger charge is 2.31. The largest absolute Gasteiger partial charge is 0.494 e. The third-order valence-electron chi connectivity index (χ3n) is 6.59. The number of aromatic hydroxyl groups is 2. The zero-order valence-corrected chi connectivity index (χ0v) is 21.0. The fraction of sp³-hybridized carbons (Fsp3) is 0.143. The van der Waals surface area contributed by atoms with Crippen LogP contribution in [-0.4, -0.2) is 43.7 Å². The number of hydrogen-bond acceptors (Lipinski definition) is 5. The number of carbonyl (C=O) groups is 1. The van der Waals surface area contributed by atoms with Crippen molar-refractivity contribution in [1.82, 2.24) is 14.5 Å². The monoisotopic (exact) mass is 533 g/mol. The number of aromatic nitrogens is 2. The highest BCUT2D eigenvalue weighted by atomic mass is 35.5. The van der Waals surface area contributed by atoms with Crippen LogP contribution in [0.4, 0.5) is 0 Å². The van der Waals surface area contributed by atoms with Gasteiger partial charge in [-0.2, -0.15) is 0 Å². The Morgan fingerprint density at radius 1 is 0.892 bits per heavy atom. The second kappa shape index (κ2) is 9.18. The zero-order valence-electron chi connectivity index (χ0n) is 19.5. The van der Waals surface area contributed by atoms with Gasteiger partial charge in [0.1, 0.15) is 5.69 Å². The van der Waals surface area contributed by atoms with Crippen molar-refractivity contribution in [2.45, 2.75) is 12.8 Å². The fourth-order valence-corrected chi connectivity index (χ4v) is 5.15. The summed E-state index contributed by atoms with van der Waals surface area (Å²) >= 11 is 12.7. The van der Waals surface area contributed by atoms with E-state index in [9.17, 15) is 15.0 Å². The molecule has 0 atom stereocenters. The summed E-state index contributed by atoms with van der Waals surface area (Å²) in [5.41, 5.74) is 3.17. The Labute approximate surface area is 222 Å². The van der Waals surface area contributed by atoms with Crippen LogP contribution in [0.25, 0.3) is 39.2 Å². The van der Waals surface area contributed by atoms with Gasteiger partial charge in [-0.3, -0.25) is 4.79 Å². The van der Waals surface area contributed by atoms with Crippen LogP contribution < -0.4 is 0 Å². The second-order valence-electron chi connectivity index (χ2n) is 8.89. The van der Waals surface area contributed by atoms with Crippen LogP contribution in [0.2, 0.25) is 10.0 Å². The van der Waals surface area contributed by atoms with E-state index in [1.165, 1.54) is 16.7 Å².